The average Bonchev–Trinajstić information content (AvgIpc) is 3.30. The first-order valence-corrected chi connectivity index (χ1v) is 8.92. The fourth-order valence-electron chi connectivity index (χ4n) is 2.49. The molecule has 0 bridgehead atoms. The maximum absolute atomic E-state index is 12.3. The highest BCUT2D eigenvalue weighted by Crippen LogP contribution is 2.36. The summed E-state index contributed by atoms with van der Waals surface area (Å²) in [7, 11) is 0. The Morgan fingerprint density at radius 3 is 2.74 bits per heavy atom. The van der Waals surface area contributed by atoms with Gasteiger partial charge < -0.3 is 9.73 Å². The largest absolute Gasteiger partial charge is 0.433 e. The van der Waals surface area contributed by atoms with Crippen molar-refractivity contribution in [1.29, 1.82) is 0 Å². The molecule has 0 saturated carbocycles. The minimum Gasteiger partial charge on any atom is -0.395 e. The molecule has 4 rings (SSSR count). The second-order valence-corrected chi connectivity index (χ2v) is 6.97. The quantitative estimate of drug-likeness (QED) is 0.367. The molecular formula is C18H10ClN3O4S. The van der Waals surface area contributed by atoms with E-state index in [4.69, 9.17) is 16.0 Å². The predicted molar refractivity (Wildman–Crippen MR) is 103 cm³/mol. The van der Waals surface area contributed by atoms with Gasteiger partial charge in [0.15, 0.2) is 5.76 Å². The number of thiazole rings is 1. The van der Waals surface area contributed by atoms with Crippen LogP contribution < -0.4 is 5.32 Å². The number of hydrogen-bond acceptors (Lipinski definition) is 6. The second-order valence-electron chi connectivity index (χ2n) is 5.53. The van der Waals surface area contributed by atoms with Gasteiger partial charge in [0.05, 0.1) is 21.3 Å². The van der Waals surface area contributed by atoms with Gasteiger partial charge in [-0.05, 0) is 36.4 Å². The zero-order chi connectivity index (χ0) is 19.0. The molecule has 2 aromatic heterocycles. The third kappa shape index (κ3) is 3.40. The van der Waals surface area contributed by atoms with Crippen molar-refractivity contribution < 1.29 is 14.1 Å². The number of furan rings is 1. The summed E-state index contributed by atoms with van der Waals surface area (Å²) in [5.41, 5.74) is 2.02. The van der Waals surface area contributed by atoms with E-state index in [-0.39, 0.29) is 5.76 Å². The van der Waals surface area contributed by atoms with Crippen molar-refractivity contribution in [3.63, 3.8) is 0 Å². The van der Waals surface area contributed by atoms with Gasteiger partial charge in [-0.2, -0.15) is 0 Å². The van der Waals surface area contributed by atoms with E-state index in [0.29, 0.717) is 16.3 Å². The topological polar surface area (TPSA) is 98.3 Å². The third-order valence-electron chi connectivity index (χ3n) is 3.74. The van der Waals surface area contributed by atoms with E-state index in [9.17, 15) is 14.9 Å². The number of halogens is 1. The summed E-state index contributed by atoms with van der Waals surface area (Å²) in [6, 6.07) is 15.1. The molecule has 0 saturated heterocycles. The number of nitrogens with one attached hydrogen (secondary N) is 1. The summed E-state index contributed by atoms with van der Waals surface area (Å²) in [4.78, 5) is 26.8. The molecule has 2 aromatic carbocycles. The van der Waals surface area contributed by atoms with E-state index in [0.717, 1.165) is 21.3 Å². The fourth-order valence-corrected chi connectivity index (χ4v) is 3.75. The van der Waals surface area contributed by atoms with Gasteiger partial charge >= 0.3 is 5.88 Å². The van der Waals surface area contributed by atoms with Crippen LogP contribution in [0.2, 0.25) is 5.02 Å². The molecule has 0 fully saturated rings. The Balaban J connectivity index is 1.63. The Labute approximate surface area is 161 Å². The number of carbonyl (C=O) groups excluding carboxylic acids is 1. The van der Waals surface area contributed by atoms with Crippen molar-refractivity contribution in [2.45, 2.75) is 0 Å². The number of anilines is 1. The zero-order valence-electron chi connectivity index (χ0n) is 13.5. The van der Waals surface area contributed by atoms with E-state index in [1.807, 2.05) is 24.3 Å². The molecule has 1 N–H and O–H groups in total. The number of para-hydroxylation sites is 1. The van der Waals surface area contributed by atoms with Gasteiger partial charge in [0.1, 0.15) is 9.93 Å². The molecule has 9 heteroatoms. The summed E-state index contributed by atoms with van der Waals surface area (Å²) >= 11 is 7.80. The molecule has 0 spiro atoms. The number of nitrogens with zero attached hydrogens (tertiary/aromatic N) is 2. The summed E-state index contributed by atoms with van der Waals surface area (Å²) in [5.74, 6) is -1.25. The minimum absolute atomic E-state index is 0.154. The van der Waals surface area contributed by atoms with Gasteiger partial charge in [-0.1, -0.05) is 23.7 Å². The summed E-state index contributed by atoms with van der Waals surface area (Å²) < 4.78 is 5.94. The normalized spacial score (nSPS) is 10.9. The molecule has 7 nitrogen and oxygen atoms in total. The maximum Gasteiger partial charge on any atom is 0.433 e. The van der Waals surface area contributed by atoms with Crippen LogP contribution in [0, 0.1) is 10.1 Å². The Kier molecular flexibility index (Phi) is 4.35. The molecule has 0 atom stereocenters. The summed E-state index contributed by atoms with van der Waals surface area (Å²) in [6.07, 6.45) is 0. The van der Waals surface area contributed by atoms with Crippen molar-refractivity contribution in [2.75, 3.05) is 5.32 Å². The van der Waals surface area contributed by atoms with E-state index in [1.165, 1.54) is 17.4 Å². The van der Waals surface area contributed by atoms with E-state index >= 15 is 0 Å². The number of fused-ring (bicyclic) bond motifs is 1. The van der Waals surface area contributed by atoms with Crippen LogP contribution in [-0.4, -0.2) is 15.8 Å². The Morgan fingerprint density at radius 2 is 2.00 bits per heavy atom. The van der Waals surface area contributed by atoms with Crippen LogP contribution in [0.1, 0.15) is 10.6 Å². The van der Waals surface area contributed by atoms with Gasteiger partial charge in [-0.15, -0.1) is 11.3 Å². The lowest BCUT2D eigenvalue weighted by Gasteiger charge is -2.06. The number of carbonyl (C=O) groups is 1. The van der Waals surface area contributed by atoms with Gasteiger partial charge in [-0.3, -0.25) is 14.9 Å². The van der Waals surface area contributed by atoms with Crippen molar-refractivity contribution in [2.24, 2.45) is 0 Å². The van der Waals surface area contributed by atoms with Crippen LogP contribution in [0.5, 0.6) is 0 Å². The van der Waals surface area contributed by atoms with Crippen molar-refractivity contribution in [1.82, 2.24) is 4.98 Å². The molecule has 0 unspecified atom stereocenters. The average molecular weight is 400 g/mol. The Hall–Kier alpha value is -3.23. The van der Waals surface area contributed by atoms with Crippen LogP contribution in [0.25, 0.3) is 20.8 Å². The number of aromatic nitrogens is 1. The fraction of sp³-hybridized carbons (Fsp3) is 0. The molecular weight excluding hydrogens is 390 g/mol. The smallest absolute Gasteiger partial charge is 0.395 e. The summed E-state index contributed by atoms with van der Waals surface area (Å²) in [5, 5.41) is 14.5. The number of benzene rings is 2. The highest BCUT2D eigenvalue weighted by atomic mass is 35.5. The SMILES string of the molecule is O=C(Nc1ccc(Cl)c(-c2nc3ccccc3s2)c1)c1ccc([N+](=O)[O-])o1. The maximum atomic E-state index is 12.3. The zero-order valence-corrected chi connectivity index (χ0v) is 15.1. The van der Waals surface area contributed by atoms with E-state index in [2.05, 4.69) is 10.3 Å². The third-order valence-corrected chi connectivity index (χ3v) is 5.14. The molecule has 27 heavy (non-hydrogen) atoms. The highest BCUT2D eigenvalue weighted by molar-refractivity contribution is 7.21. The highest BCUT2D eigenvalue weighted by Gasteiger charge is 2.18. The first-order valence-electron chi connectivity index (χ1n) is 7.72. The lowest BCUT2D eigenvalue weighted by molar-refractivity contribution is -0.402. The van der Waals surface area contributed by atoms with Crippen molar-refractivity contribution >= 4 is 50.6 Å². The van der Waals surface area contributed by atoms with Gasteiger partial charge in [-0.25, -0.2) is 4.98 Å². The van der Waals surface area contributed by atoms with Crippen LogP contribution in [0.15, 0.2) is 59.0 Å². The predicted octanol–water partition coefficient (Wildman–Crippen LogP) is 5.37. The second kappa shape index (κ2) is 6.82. The first kappa shape index (κ1) is 17.2. The van der Waals surface area contributed by atoms with Crippen molar-refractivity contribution in [3.8, 4) is 10.6 Å². The van der Waals surface area contributed by atoms with E-state index < -0.39 is 16.7 Å². The van der Waals surface area contributed by atoms with Crippen LogP contribution >= 0.6 is 22.9 Å². The first-order chi connectivity index (χ1) is 13.0. The lowest BCUT2D eigenvalue weighted by Crippen LogP contribution is -2.10. The molecule has 0 aliphatic heterocycles. The van der Waals surface area contributed by atoms with Crippen LogP contribution in [-0.2, 0) is 0 Å². The number of nitro groups is 1. The van der Waals surface area contributed by atoms with Crippen LogP contribution in [0.3, 0.4) is 0 Å². The van der Waals surface area contributed by atoms with Gasteiger partial charge in [0.25, 0.3) is 5.91 Å². The Bertz CT molecular complexity index is 1150. The molecule has 0 aliphatic carbocycles. The van der Waals surface area contributed by atoms with Gasteiger partial charge in [0, 0.05) is 11.3 Å². The molecule has 134 valence electrons. The number of hydrogen-bond donors (Lipinski definition) is 1. The molecule has 0 radical (unpaired) electrons. The summed E-state index contributed by atoms with van der Waals surface area (Å²) in [6.45, 7) is 0. The molecule has 4 aromatic rings. The van der Waals surface area contributed by atoms with E-state index in [1.54, 1.807) is 18.2 Å². The van der Waals surface area contributed by atoms with Gasteiger partial charge in [0.2, 0.25) is 0 Å². The molecule has 0 aliphatic rings. The lowest BCUT2D eigenvalue weighted by atomic mass is 10.2. The number of amides is 1. The number of rotatable bonds is 4. The van der Waals surface area contributed by atoms with Crippen LogP contribution in [0.4, 0.5) is 11.6 Å². The van der Waals surface area contributed by atoms with Crippen molar-refractivity contribution in [3.05, 3.63) is 75.5 Å². The minimum atomic E-state index is -0.704. The molecule has 1 amide bonds. The monoisotopic (exact) mass is 399 g/mol. The Morgan fingerprint density at radius 1 is 1.19 bits per heavy atom. The standard InChI is InChI=1S/C18H10ClN3O4S/c19-12-6-5-10(20-17(23)14-7-8-16(26-14)22(24)25)9-11(12)18-21-13-3-1-2-4-15(13)27-18/h1-9H,(H,20,23). The molecule has 2 heterocycles.